The fraction of sp³-hybridized carbons (Fsp3) is 0.500. The molecule has 0 aromatic carbocycles. The molecule has 1 saturated carbocycles. The highest BCUT2D eigenvalue weighted by atomic mass is 16.3. The Bertz CT molecular complexity index is 841. The van der Waals surface area contributed by atoms with Crippen LogP contribution in [0.4, 0.5) is 11.8 Å². The van der Waals surface area contributed by atoms with E-state index in [4.69, 9.17) is 11.5 Å². The normalized spacial score (nSPS) is 22.4. The molecule has 9 heteroatoms. The van der Waals surface area contributed by atoms with Crippen LogP contribution in [0.1, 0.15) is 46.2 Å². The van der Waals surface area contributed by atoms with E-state index in [1.54, 1.807) is 4.68 Å². The highest BCUT2D eigenvalue weighted by Crippen LogP contribution is 2.37. The van der Waals surface area contributed by atoms with Crippen molar-refractivity contribution in [3.63, 3.8) is 0 Å². The highest BCUT2D eigenvalue weighted by Gasteiger charge is 2.31. The van der Waals surface area contributed by atoms with E-state index in [2.05, 4.69) is 20.0 Å². The maximum atomic E-state index is 11.7. The number of fused-ring (bicyclic) bond motifs is 1. The average molecular weight is 343 g/mol. The molecule has 2 aliphatic rings. The summed E-state index contributed by atoms with van der Waals surface area (Å²) in [6.45, 7) is 1.25. The van der Waals surface area contributed by atoms with Crippen molar-refractivity contribution >= 4 is 17.7 Å². The quantitative estimate of drug-likeness (QED) is 0.695. The first-order valence-electron chi connectivity index (χ1n) is 8.34. The number of nitrogen functional groups attached to an aromatic ring is 1. The second kappa shape index (κ2) is 5.69. The summed E-state index contributed by atoms with van der Waals surface area (Å²) in [7, 11) is 1.82. The van der Waals surface area contributed by atoms with Gasteiger partial charge in [-0.3, -0.25) is 9.48 Å². The maximum absolute atomic E-state index is 11.7. The first-order chi connectivity index (χ1) is 11.9. The van der Waals surface area contributed by atoms with Gasteiger partial charge in [-0.05, 0) is 12.8 Å². The molecule has 1 aliphatic carbocycles. The van der Waals surface area contributed by atoms with Gasteiger partial charge in [-0.15, -0.1) is 0 Å². The summed E-state index contributed by atoms with van der Waals surface area (Å²) < 4.78 is 1.72. The van der Waals surface area contributed by atoms with E-state index in [-0.39, 0.29) is 18.0 Å². The van der Waals surface area contributed by atoms with E-state index in [1.807, 2.05) is 13.1 Å². The third-order valence-corrected chi connectivity index (χ3v) is 5.08. The SMILES string of the molecule is Cn1nc(C(N)=O)c2c1CCN(c1cc(C3CC(O)C3)nc(N)n1)C2. The van der Waals surface area contributed by atoms with Gasteiger partial charge < -0.3 is 21.5 Å². The summed E-state index contributed by atoms with van der Waals surface area (Å²) in [6, 6.07) is 1.93. The number of hydrogen-bond donors (Lipinski definition) is 3. The molecule has 25 heavy (non-hydrogen) atoms. The number of aromatic nitrogens is 4. The third-order valence-electron chi connectivity index (χ3n) is 5.08. The lowest BCUT2D eigenvalue weighted by Crippen LogP contribution is -2.33. The Hall–Kier alpha value is -2.68. The summed E-state index contributed by atoms with van der Waals surface area (Å²) in [5, 5.41) is 13.8. The Morgan fingerprint density at radius 1 is 1.36 bits per heavy atom. The predicted octanol–water partition coefficient (Wildman–Crippen LogP) is -0.308. The largest absolute Gasteiger partial charge is 0.393 e. The number of aliphatic hydroxyl groups excluding tert-OH is 1. The molecule has 2 aromatic heterocycles. The number of carbonyl (C=O) groups excluding carboxylic acids is 1. The molecule has 132 valence electrons. The zero-order chi connectivity index (χ0) is 17.7. The lowest BCUT2D eigenvalue weighted by Gasteiger charge is -2.32. The molecule has 3 heterocycles. The fourth-order valence-electron chi connectivity index (χ4n) is 3.66. The van der Waals surface area contributed by atoms with E-state index in [1.165, 1.54) is 0 Å². The van der Waals surface area contributed by atoms with Crippen LogP contribution in [-0.2, 0) is 20.0 Å². The number of carbonyl (C=O) groups is 1. The van der Waals surface area contributed by atoms with Crippen molar-refractivity contribution in [3.8, 4) is 0 Å². The van der Waals surface area contributed by atoms with Crippen LogP contribution in [0.25, 0.3) is 0 Å². The average Bonchev–Trinajstić information content (AvgIpc) is 2.88. The van der Waals surface area contributed by atoms with Crippen LogP contribution in [0.2, 0.25) is 0 Å². The molecule has 0 unspecified atom stereocenters. The summed E-state index contributed by atoms with van der Waals surface area (Å²) in [4.78, 5) is 22.4. The van der Waals surface area contributed by atoms with Gasteiger partial charge in [-0.2, -0.15) is 10.1 Å². The second-order valence-corrected chi connectivity index (χ2v) is 6.76. The number of amides is 1. The molecule has 0 atom stereocenters. The summed E-state index contributed by atoms with van der Waals surface area (Å²) in [5.74, 6) is 0.652. The maximum Gasteiger partial charge on any atom is 0.269 e. The summed E-state index contributed by atoms with van der Waals surface area (Å²) >= 11 is 0. The number of aryl methyl sites for hydroxylation is 1. The number of hydrogen-bond acceptors (Lipinski definition) is 7. The minimum Gasteiger partial charge on any atom is -0.393 e. The van der Waals surface area contributed by atoms with E-state index in [9.17, 15) is 9.90 Å². The number of primary amides is 1. The van der Waals surface area contributed by atoms with Crippen LogP contribution in [0.15, 0.2) is 6.07 Å². The van der Waals surface area contributed by atoms with Crippen LogP contribution in [0, 0.1) is 0 Å². The number of nitrogens with zero attached hydrogens (tertiary/aromatic N) is 5. The minimum atomic E-state index is -0.523. The number of anilines is 2. The predicted molar refractivity (Wildman–Crippen MR) is 90.9 cm³/mol. The van der Waals surface area contributed by atoms with Crippen molar-refractivity contribution in [1.82, 2.24) is 19.7 Å². The Balaban J connectivity index is 1.64. The van der Waals surface area contributed by atoms with E-state index in [0.717, 1.165) is 35.7 Å². The van der Waals surface area contributed by atoms with Crippen molar-refractivity contribution in [2.45, 2.75) is 37.8 Å². The number of aliphatic hydroxyl groups is 1. The molecule has 5 N–H and O–H groups in total. The first kappa shape index (κ1) is 15.8. The Morgan fingerprint density at radius 3 is 2.80 bits per heavy atom. The molecule has 9 nitrogen and oxygen atoms in total. The van der Waals surface area contributed by atoms with Gasteiger partial charge in [-0.25, -0.2) is 4.98 Å². The second-order valence-electron chi connectivity index (χ2n) is 6.76. The molecule has 2 aromatic rings. The van der Waals surface area contributed by atoms with Crippen LogP contribution in [0.3, 0.4) is 0 Å². The first-order valence-corrected chi connectivity index (χ1v) is 8.34. The van der Waals surface area contributed by atoms with Crippen LogP contribution >= 0.6 is 0 Å². The molecule has 0 saturated heterocycles. The summed E-state index contributed by atoms with van der Waals surface area (Å²) in [6.07, 6.45) is 1.90. The molecule has 4 rings (SSSR count). The van der Waals surface area contributed by atoms with E-state index in [0.29, 0.717) is 25.1 Å². The van der Waals surface area contributed by atoms with E-state index >= 15 is 0 Å². The van der Waals surface area contributed by atoms with Gasteiger partial charge in [0.05, 0.1) is 11.8 Å². The Labute approximate surface area is 144 Å². The molecule has 1 fully saturated rings. The number of rotatable bonds is 3. The van der Waals surface area contributed by atoms with Crippen LogP contribution in [-0.4, -0.2) is 43.4 Å². The lowest BCUT2D eigenvalue weighted by atomic mass is 9.80. The number of nitrogens with two attached hydrogens (primary N) is 2. The molecular weight excluding hydrogens is 322 g/mol. The van der Waals surface area contributed by atoms with Gasteiger partial charge in [0.25, 0.3) is 5.91 Å². The zero-order valence-corrected chi connectivity index (χ0v) is 14.0. The smallest absolute Gasteiger partial charge is 0.269 e. The van der Waals surface area contributed by atoms with Gasteiger partial charge in [0.2, 0.25) is 5.95 Å². The van der Waals surface area contributed by atoms with Gasteiger partial charge >= 0.3 is 0 Å². The Kier molecular flexibility index (Phi) is 3.60. The van der Waals surface area contributed by atoms with Crippen molar-refractivity contribution in [2.75, 3.05) is 17.2 Å². The van der Waals surface area contributed by atoms with Crippen LogP contribution < -0.4 is 16.4 Å². The zero-order valence-electron chi connectivity index (χ0n) is 14.0. The van der Waals surface area contributed by atoms with Crippen LogP contribution in [0.5, 0.6) is 0 Å². The molecule has 0 spiro atoms. The standard InChI is InChI=1S/C16H21N7O2/c1-22-12-2-3-23(7-10(12)14(21-22)15(17)25)13-6-11(19-16(18)20-13)8-4-9(24)5-8/h6,8-9,24H,2-5,7H2,1H3,(H2,17,25)(H2,18,19,20). The van der Waals surface area contributed by atoms with E-state index < -0.39 is 5.91 Å². The van der Waals surface area contributed by atoms with Gasteiger partial charge in [-0.1, -0.05) is 0 Å². The van der Waals surface area contributed by atoms with Crippen molar-refractivity contribution in [2.24, 2.45) is 12.8 Å². The summed E-state index contributed by atoms with van der Waals surface area (Å²) in [5.41, 5.74) is 14.4. The fourth-order valence-corrected chi connectivity index (χ4v) is 3.66. The highest BCUT2D eigenvalue weighted by molar-refractivity contribution is 5.92. The van der Waals surface area contributed by atoms with Crippen molar-refractivity contribution in [3.05, 3.63) is 28.7 Å². The molecular formula is C16H21N7O2. The minimum absolute atomic E-state index is 0.221. The lowest BCUT2D eigenvalue weighted by molar-refractivity contribution is 0.0732. The Morgan fingerprint density at radius 2 is 2.12 bits per heavy atom. The van der Waals surface area contributed by atoms with Crippen molar-refractivity contribution < 1.29 is 9.90 Å². The molecule has 0 bridgehead atoms. The topological polar surface area (TPSA) is 136 Å². The molecule has 1 aliphatic heterocycles. The van der Waals surface area contributed by atoms with Crippen molar-refractivity contribution in [1.29, 1.82) is 0 Å². The monoisotopic (exact) mass is 343 g/mol. The third kappa shape index (κ3) is 2.70. The molecule has 0 radical (unpaired) electrons. The van der Waals surface area contributed by atoms with Gasteiger partial charge in [0.1, 0.15) is 5.82 Å². The van der Waals surface area contributed by atoms with Gasteiger partial charge in [0.15, 0.2) is 5.69 Å². The van der Waals surface area contributed by atoms with Gasteiger partial charge in [0, 0.05) is 49.8 Å². The molecule has 1 amide bonds.